The van der Waals surface area contributed by atoms with E-state index >= 15 is 0 Å². The topological polar surface area (TPSA) is 75.9 Å². The molecule has 1 aliphatic rings. The lowest BCUT2D eigenvalue weighted by molar-refractivity contribution is 0.137. The van der Waals surface area contributed by atoms with Crippen molar-refractivity contribution in [3.8, 4) is 5.69 Å². The minimum atomic E-state index is -0.278. The lowest BCUT2D eigenvalue weighted by Gasteiger charge is -2.37. The van der Waals surface area contributed by atoms with Crippen molar-refractivity contribution in [3.05, 3.63) is 36.2 Å². The van der Waals surface area contributed by atoms with Crippen LogP contribution < -0.4 is 5.32 Å². The monoisotopic (exact) mass is 328 g/mol. The number of urea groups is 1. The molecule has 2 aromatic rings. The minimum Gasteiger partial charge on any atom is -0.328 e. The van der Waals surface area contributed by atoms with Gasteiger partial charge in [0, 0.05) is 12.6 Å². The van der Waals surface area contributed by atoms with E-state index in [4.69, 9.17) is 0 Å². The average molecular weight is 328 g/mol. The molecule has 3 atom stereocenters. The van der Waals surface area contributed by atoms with Gasteiger partial charge in [0.25, 0.3) is 0 Å². The van der Waals surface area contributed by atoms with Crippen LogP contribution in [0.4, 0.5) is 4.79 Å². The SMILES string of the molecule is C[C@@H]1CCN(C(=O)N[C@H](C)c2nnnn2-c2ccccc2)[C@@H](C)C1. The molecule has 1 aromatic heterocycles. The molecule has 128 valence electrons. The Morgan fingerprint density at radius 3 is 2.75 bits per heavy atom. The summed E-state index contributed by atoms with van der Waals surface area (Å²) < 4.78 is 1.66. The highest BCUT2D eigenvalue weighted by atomic mass is 16.2. The number of tetrazole rings is 1. The third kappa shape index (κ3) is 3.39. The van der Waals surface area contributed by atoms with Gasteiger partial charge in [0.05, 0.1) is 11.7 Å². The number of nitrogens with zero attached hydrogens (tertiary/aromatic N) is 5. The van der Waals surface area contributed by atoms with Crippen molar-refractivity contribution in [2.45, 2.75) is 45.7 Å². The Hall–Kier alpha value is -2.44. The molecule has 1 aromatic carbocycles. The van der Waals surface area contributed by atoms with Gasteiger partial charge in [0.1, 0.15) is 0 Å². The Kier molecular flexibility index (Phi) is 4.78. The van der Waals surface area contributed by atoms with Crippen LogP contribution in [0.3, 0.4) is 0 Å². The first-order valence-electron chi connectivity index (χ1n) is 8.47. The van der Waals surface area contributed by atoms with Gasteiger partial charge >= 0.3 is 6.03 Å². The number of para-hydroxylation sites is 1. The van der Waals surface area contributed by atoms with Crippen LogP contribution in [0.1, 0.15) is 45.5 Å². The highest BCUT2D eigenvalue weighted by Crippen LogP contribution is 2.23. The van der Waals surface area contributed by atoms with Gasteiger partial charge in [-0.05, 0) is 55.2 Å². The highest BCUT2D eigenvalue weighted by molar-refractivity contribution is 5.75. The minimum absolute atomic E-state index is 0.0514. The predicted molar refractivity (Wildman–Crippen MR) is 90.7 cm³/mol. The summed E-state index contributed by atoms with van der Waals surface area (Å²) in [6.45, 7) is 7.04. The van der Waals surface area contributed by atoms with Crippen LogP contribution in [-0.4, -0.2) is 43.7 Å². The standard InChI is InChI=1S/C17H24N6O/c1-12-9-10-22(13(2)11-12)17(24)18-14(3)16-19-20-21-23(16)15-7-5-4-6-8-15/h4-8,12-14H,9-11H2,1-3H3,(H,18,24)/t12-,13+,14-/m1/s1. The zero-order valence-corrected chi connectivity index (χ0v) is 14.4. The Bertz CT molecular complexity index is 685. The van der Waals surface area contributed by atoms with Crippen molar-refractivity contribution in [1.82, 2.24) is 30.4 Å². The Labute approximate surface area is 142 Å². The molecular formula is C17H24N6O. The van der Waals surface area contributed by atoms with Crippen LogP contribution >= 0.6 is 0 Å². The van der Waals surface area contributed by atoms with E-state index in [-0.39, 0.29) is 18.1 Å². The molecule has 24 heavy (non-hydrogen) atoms. The smallest absolute Gasteiger partial charge is 0.318 e. The zero-order valence-electron chi connectivity index (χ0n) is 14.4. The second-order valence-electron chi connectivity index (χ2n) is 6.63. The molecule has 0 bridgehead atoms. The number of hydrogen-bond acceptors (Lipinski definition) is 4. The Morgan fingerprint density at radius 1 is 1.29 bits per heavy atom. The van der Waals surface area contributed by atoms with Crippen molar-refractivity contribution < 1.29 is 4.79 Å². The van der Waals surface area contributed by atoms with Crippen molar-refractivity contribution in [2.75, 3.05) is 6.54 Å². The first-order chi connectivity index (χ1) is 11.6. The first-order valence-corrected chi connectivity index (χ1v) is 8.47. The maximum Gasteiger partial charge on any atom is 0.318 e. The summed E-state index contributed by atoms with van der Waals surface area (Å²) in [6.07, 6.45) is 2.09. The van der Waals surface area contributed by atoms with Crippen LogP contribution in [0.15, 0.2) is 30.3 Å². The van der Waals surface area contributed by atoms with Crippen LogP contribution in [-0.2, 0) is 0 Å². The number of benzene rings is 1. The third-order valence-corrected chi connectivity index (χ3v) is 4.62. The average Bonchev–Trinajstić information content (AvgIpc) is 3.05. The van der Waals surface area contributed by atoms with Crippen LogP contribution in [0.2, 0.25) is 0 Å². The molecule has 7 nitrogen and oxygen atoms in total. The fourth-order valence-corrected chi connectivity index (χ4v) is 3.26. The number of nitrogens with one attached hydrogen (secondary N) is 1. The maximum absolute atomic E-state index is 12.6. The summed E-state index contributed by atoms with van der Waals surface area (Å²) in [6, 6.07) is 9.60. The summed E-state index contributed by atoms with van der Waals surface area (Å²) >= 11 is 0. The molecule has 2 heterocycles. The quantitative estimate of drug-likeness (QED) is 0.939. The summed E-state index contributed by atoms with van der Waals surface area (Å²) in [5.74, 6) is 1.29. The lowest BCUT2D eigenvalue weighted by atomic mass is 9.94. The predicted octanol–water partition coefficient (Wildman–Crippen LogP) is 2.55. The third-order valence-electron chi connectivity index (χ3n) is 4.62. The fraction of sp³-hybridized carbons (Fsp3) is 0.529. The van der Waals surface area contributed by atoms with E-state index in [1.165, 1.54) is 0 Å². The number of carbonyl (C=O) groups excluding carboxylic acids is 1. The second-order valence-corrected chi connectivity index (χ2v) is 6.63. The molecule has 0 aliphatic carbocycles. The summed E-state index contributed by atoms with van der Waals surface area (Å²) in [4.78, 5) is 14.5. The molecule has 1 aliphatic heterocycles. The number of aromatic nitrogens is 4. The van der Waals surface area contributed by atoms with Crippen LogP contribution in [0.25, 0.3) is 5.69 Å². The van der Waals surface area contributed by atoms with E-state index < -0.39 is 0 Å². The second kappa shape index (κ2) is 6.98. The van der Waals surface area contributed by atoms with Crippen molar-refractivity contribution in [3.63, 3.8) is 0 Å². The molecule has 0 saturated carbocycles. The number of carbonyl (C=O) groups is 1. The summed E-state index contributed by atoms with van der Waals surface area (Å²) in [7, 11) is 0. The number of likely N-dealkylation sites (tertiary alicyclic amines) is 1. The normalized spacial score (nSPS) is 22.2. The fourth-order valence-electron chi connectivity index (χ4n) is 3.26. The van der Waals surface area contributed by atoms with Crippen LogP contribution in [0, 0.1) is 5.92 Å². The number of rotatable bonds is 3. The van der Waals surface area contributed by atoms with E-state index in [1.54, 1.807) is 4.68 Å². The van der Waals surface area contributed by atoms with E-state index in [0.717, 1.165) is 25.1 Å². The Morgan fingerprint density at radius 2 is 2.04 bits per heavy atom. The molecule has 1 saturated heterocycles. The van der Waals surface area contributed by atoms with Gasteiger partial charge in [-0.15, -0.1) is 5.10 Å². The van der Waals surface area contributed by atoms with Gasteiger partial charge < -0.3 is 10.2 Å². The van der Waals surface area contributed by atoms with Crippen LogP contribution in [0.5, 0.6) is 0 Å². The molecule has 3 rings (SSSR count). The molecule has 0 unspecified atom stereocenters. The zero-order chi connectivity index (χ0) is 17.1. The molecule has 0 spiro atoms. The van der Waals surface area contributed by atoms with E-state index in [9.17, 15) is 4.79 Å². The molecule has 7 heteroatoms. The number of hydrogen-bond donors (Lipinski definition) is 1. The van der Waals surface area contributed by atoms with Gasteiger partial charge in [-0.3, -0.25) is 0 Å². The molecule has 0 radical (unpaired) electrons. The molecule has 1 N–H and O–H groups in total. The number of amides is 2. The first kappa shape index (κ1) is 16.4. The summed E-state index contributed by atoms with van der Waals surface area (Å²) in [5, 5.41) is 14.9. The molecule has 1 fully saturated rings. The van der Waals surface area contributed by atoms with Crippen molar-refractivity contribution in [2.24, 2.45) is 5.92 Å². The van der Waals surface area contributed by atoms with E-state index in [0.29, 0.717) is 11.7 Å². The van der Waals surface area contributed by atoms with Crippen molar-refractivity contribution in [1.29, 1.82) is 0 Å². The van der Waals surface area contributed by atoms with Gasteiger partial charge in [0.2, 0.25) is 0 Å². The van der Waals surface area contributed by atoms with Gasteiger partial charge in [0.15, 0.2) is 5.82 Å². The number of piperidine rings is 1. The van der Waals surface area contributed by atoms with Crippen molar-refractivity contribution >= 4 is 6.03 Å². The van der Waals surface area contributed by atoms with Gasteiger partial charge in [-0.1, -0.05) is 25.1 Å². The van der Waals surface area contributed by atoms with Gasteiger partial charge in [-0.25, -0.2) is 4.79 Å². The van der Waals surface area contributed by atoms with Gasteiger partial charge in [-0.2, -0.15) is 4.68 Å². The summed E-state index contributed by atoms with van der Waals surface area (Å²) in [5.41, 5.74) is 0.874. The van der Waals surface area contributed by atoms with E-state index in [2.05, 4.69) is 34.7 Å². The lowest BCUT2D eigenvalue weighted by Crippen LogP contribution is -2.49. The largest absolute Gasteiger partial charge is 0.328 e. The Balaban J connectivity index is 1.71. The van der Waals surface area contributed by atoms with E-state index in [1.807, 2.05) is 42.2 Å². The molecule has 2 amide bonds. The highest BCUT2D eigenvalue weighted by Gasteiger charge is 2.28. The molecular weight excluding hydrogens is 304 g/mol. The maximum atomic E-state index is 12.6.